The Morgan fingerprint density at radius 2 is 2.00 bits per heavy atom. The van der Waals surface area contributed by atoms with Crippen molar-refractivity contribution in [2.45, 2.75) is 5.16 Å². The molecule has 146 valence electrons. The molecule has 0 aliphatic carbocycles. The molecule has 0 atom stereocenters. The Labute approximate surface area is 178 Å². The van der Waals surface area contributed by atoms with Crippen LogP contribution in [0.4, 0.5) is 10.1 Å². The lowest BCUT2D eigenvalue weighted by Crippen LogP contribution is -2.22. The van der Waals surface area contributed by atoms with Gasteiger partial charge in [0.1, 0.15) is 10.6 Å². The van der Waals surface area contributed by atoms with E-state index in [9.17, 15) is 14.0 Å². The van der Waals surface area contributed by atoms with Gasteiger partial charge in [0, 0.05) is 0 Å². The molecule has 4 aromatic rings. The number of carbonyl (C=O) groups excluding carboxylic acids is 1. The van der Waals surface area contributed by atoms with Crippen LogP contribution in [0.2, 0.25) is 5.02 Å². The van der Waals surface area contributed by atoms with Crippen LogP contribution < -0.4 is 10.9 Å². The molecule has 2 aromatic carbocycles. The van der Waals surface area contributed by atoms with Gasteiger partial charge in [-0.3, -0.25) is 14.2 Å². The number of benzene rings is 2. The molecule has 0 saturated heterocycles. The van der Waals surface area contributed by atoms with Crippen molar-refractivity contribution in [3.05, 3.63) is 81.2 Å². The van der Waals surface area contributed by atoms with Crippen molar-refractivity contribution in [2.24, 2.45) is 0 Å². The highest BCUT2D eigenvalue weighted by Gasteiger charge is 2.16. The van der Waals surface area contributed by atoms with Crippen molar-refractivity contribution in [2.75, 3.05) is 11.1 Å². The maximum Gasteiger partial charge on any atom is 0.267 e. The van der Waals surface area contributed by atoms with Gasteiger partial charge in [0.2, 0.25) is 5.91 Å². The topological polar surface area (TPSA) is 64.0 Å². The van der Waals surface area contributed by atoms with E-state index in [4.69, 9.17) is 11.6 Å². The molecule has 0 aliphatic rings. The summed E-state index contributed by atoms with van der Waals surface area (Å²) in [7, 11) is 0. The first-order valence-electron chi connectivity index (χ1n) is 8.46. The molecule has 0 saturated carbocycles. The van der Waals surface area contributed by atoms with E-state index in [1.54, 1.807) is 6.07 Å². The second-order valence-electron chi connectivity index (χ2n) is 5.97. The minimum Gasteiger partial charge on any atom is -0.324 e. The van der Waals surface area contributed by atoms with Crippen LogP contribution >= 0.6 is 34.7 Å². The maximum atomic E-state index is 13.2. The van der Waals surface area contributed by atoms with Crippen molar-refractivity contribution in [1.29, 1.82) is 0 Å². The van der Waals surface area contributed by atoms with E-state index in [0.29, 0.717) is 26.7 Å². The van der Waals surface area contributed by atoms with E-state index >= 15 is 0 Å². The average Bonchev–Trinajstić information content (AvgIpc) is 3.18. The molecule has 5 nitrogen and oxygen atoms in total. The second-order valence-corrected chi connectivity index (χ2v) is 8.22. The fourth-order valence-electron chi connectivity index (χ4n) is 2.70. The smallest absolute Gasteiger partial charge is 0.267 e. The summed E-state index contributed by atoms with van der Waals surface area (Å²) in [6.07, 6.45) is 0. The molecule has 4 rings (SSSR count). The molecule has 2 aromatic heterocycles. The maximum absolute atomic E-state index is 13.2. The lowest BCUT2D eigenvalue weighted by Gasteiger charge is -2.12. The predicted molar refractivity (Wildman–Crippen MR) is 116 cm³/mol. The van der Waals surface area contributed by atoms with Crippen molar-refractivity contribution in [1.82, 2.24) is 9.55 Å². The lowest BCUT2D eigenvalue weighted by atomic mass is 10.3. The van der Waals surface area contributed by atoms with E-state index in [1.165, 1.54) is 28.0 Å². The van der Waals surface area contributed by atoms with Crippen LogP contribution in [0, 0.1) is 5.82 Å². The Bertz CT molecular complexity index is 1260. The third-order valence-corrected chi connectivity index (χ3v) is 6.08. The Balaban J connectivity index is 1.62. The fraction of sp³-hybridized carbons (Fsp3) is 0.0500. The van der Waals surface area contributed by atoms with E-state index in [0.717, 1.165) is 17.8 Å². The van der Waals surface area contributed by atoms with Crippen LogP contribution in [0.3, 0.4) is 0 Å². The Morgan fingerprint density at radius 3 is 2.76 bits per heavy atom. The predicted octanol–water partition coefficient (Wildman–Crippen LogP) is 4.97. The van der Waals surface area contributed by atoms with Gasteiger partial charge < -0.3 is 5.32 Å². The van der Waals surface area contributed by atoms with Gasteiger partial charge in [-0.2, -0.15) is 0 Å². The van der Waals surface area contributed by atoms with Gasteiger partial charge in [0.15, 0.2) is 5.16 Å². The number of thiophene rings is 1. The number of fused-ring (bicyclic) bond motifs is 1. The number of amides is 1. The number of carbonyl (C=O) groups is 1. The monoisotopic (exact) mass is 445 g/mol. The van der Waals surface area contributed by atoms with Crippen LogP contribution in [0.15, 0.2) is 69.9 Å². The third kappa shape index (κ3) is 4.19. The zero-order valence-corrected chi connectivity index (χ0v) is 17.2. The highest BCUT2D eigenvalue weighted by molar-refractivity contribution is 7.99. The number of nitrogens with zero attached hydrogens (tertiary/aromatic N) is 2. The number of nitrogens with one attached hydrogen (secondary N) is 1. The third-order valence-electron chi connectivity index (χ3n) is 4.02. The van der Waals surface area contributed by atoms with Crippen LogP contribution in [0.5, 0.6) is 0 Å². The number of anilines is 1. The van der Waals surface area contributed by atoms with Crippen LogP contribution in [0.25, 0.3) is 15.9 Å². The fourth-order valence-corrected chi connectivity index (χ4v) is 4.54. The number of hydrogen-bond donors (Lipinski definition) is 1. The van der Waals surface area contributed by atoms with Gasteiger partial charge in [0.25, 0.3) is 5.56 Å². The summed E-state index contributed by atoms with van der Waals surface area (Å²) in [5.41, 5.74) is 0.801. The average molecular weight is 446 g/mol. The first-order chi connectivity index (χ1) is 14.0. The summed E-state index contributed by atoms with van der Waals surface area (Å²) in [5.74, 6) is -0.824. The second kappa shape index (κ2) is 8.36. The molecular weight excluding hydrogens is 433 g/mol. The first-order valence-corrected chi connectivity index (χ1v) is 10.7. The number of aromatic nitrogens is 2. The summed E-state index contributed by atoms with van der Waals surface area (Å²) in [4.78, 5) is 30.5. The molecule has 9 heteroatoms. The number of halogens is 2. The quantitative estimate of drug-likeness (QED) is 0.348. The molecule has 0 bridgehead atoms. The summed E-state index contributed by atoms with van der Waals surface area (Å²) in [6, 6.07) is 14.6. The van der Waals surface area contributed by atoms with Crippen molar-refractivity contribution >= 4 is 56.5 Å². The van der Waals surface area contributed by atoms with Crippen molar-refractivity contribution in [3.63, 3.8) is 0 Å². The molecule has 1 N–H and O–H groups in total. The molecule has 0 aliphatic heterocycles. The highest BCUT2D eigenvalue weighted by Crippen LogP contribution is 2.25. The molecule has 0 unspecified atom stereocenters. The van der Waals surface area contributed by atoms with Gasteiger partial charge in [-0.25, -0.2) is 9.37 Å². The SMILES string of the molecule is O=C(CSc1nc2sccc2c(=O)n1-c1ccccc1)Nc1ccc(F)cc1Cl. The van der Waals surface area contributed by atoms with Crippen LogP contribution in [0.1, 0.15) is 0 Å². The van der Waals surface area contributed by atoms with Gasteiger partial charge in [-0.1, -0.05) is 41.6 Å². The number of hydrogen-bond acceptors (Lipinski definition) is 5. The molecular formula is C20H13ClFN3O2S2. The summed E-state index contributed by atoms with van der Waals surface area (Å²) in [6.45, 7) is 0. The minimum absolute atomic E-state index is 0.00383. The lowest BCUT2D eigenvalue weighted by molar-refractivity contribution is -0.113. The molecule has 2 heterocycles. The standard InChI is InChI=1S/C20H13ClFN3O2S2/c21-15-10-12(22)6-7-16(15)23-17(26)11-29-20-24-18-14(8-9-28-18)19(27)25(20)13-4-2-1-3-5-13/h1-10H,11H2,(H,23,26). The molecule has 29 heavy (non-hydrogen) atoms. The van der Waals surface area contributed by atoms with Gasteiger partial charge >= 0.3 is 0 Å². The largest absolute Gasteiger partial charge is 0.324 e. The zero-order valence-electron chi connectivity index (χ0n) is 14.8. The van der Waals surface area contributed by atoms with Crippen LogP contribution in [-0.2, 0) is 4.79 Å². The van der Waals surface area contributed by atoms with E-state index < -0.39 is 5.82 Å². The summed E-state index contributed by atoms with van der Waals surface area (Å²) >= 11 is 8.46. The van der Waals surface area contributed by atoms with Crippen molar-refractivity contribution < 1.29 is 9.18 Å². The molecule has 0 spiro atoms. The number of rotatable bonds is 5. The van der Waals surface area contributed by atoms with Crippen LogP contribution in [-0.4, -0.2) is 21.2 Å². The molecule has 0 fully saturated rings. The molecule has 1 amide bonds. The Kier molecular flexibility index (Phi) is 5.66. The molecule has 0 radical (unpaired) electrons. The number of thioether (sulfide) groups is 1. The normalized spacial score (nSPS) is 11.0. The van der Waals surface area contributed by atoms with E-state index in [1.807, 2.05) is 35.7 Å². The van der Waals surface area contributed by atoms with Crippen molar-refractivity contribution in [3.8, 4) is 5.69 Å². The van der Waals surface area contributed by atoms with E-state index in [2.05, 4.69) is 10.3 Å². The summed E-state index contributed by atoms with van der Waals surface area (Å²) < 4.78 is 14.7. The number of para-hydroxylation sites is 1. The van der Waals surface area contributed by atoms with Gasteiger partial charge in [-0.05, 0) is 41.8 Å². The van der Waals surface area contributed by atoms with Gasteiger partial charge in [0.05, 0.1) is 27.5 Å². The first kappa shape index (κ1) is 19.6. The summed E-state index contributed by atoms with van der Waals surface area (Å²) in [5, 5.41) is 5.51. The van der Waals surface area contributed by atoms with E-state index in [-0.39, 0.29) is 22.2 Å². The Morgan fingerprint density at radius 1 is 1.21 bits per heavy atom. The van der Waals surface area contributed by atoms with Gasteiger partial charge in [-0.15, -0.1) is 11.3 Å². The minimum atomic E-state index is -0.484. The Hall–Kier alpha value is -2.68. The highest BCUT2D eigenvalue weighted by atomic mass is 35.5. The zero-order chi connectivity index (χ0) is 20.4.